The number of carbonyl (C=O) groups is 1. The maximum atomic E-state index is 11.7. The van der Waals surface area contributed by atoms with Gasteiger partial charge in [0, 0.05) is 24.9 Å². The van der Waals surface area contributed by atoms with Crippen LogP contribution in [0.3, 0.4) is 0 Å². The Labute approximate surface area is 72.9 Å². The summed E-state index contributed by atoms with van der Waals surface area (Å²) < 4.78 is 0. The molecule has 0 saturated carbocycles. The van der Waals surface area contributed by atoms with Gasteiger partial charge in [0.15, 0.2) is 0 Å². The number of carbonyl (C=O) groups excluding carboxylic acids is 1. The molecule has 3 heteroatoms. The van der Waals surface area contributed by atoms with E-state index < -0.39 is 0 Å². The molecule has 2 fully saturated rings. The zero-order valence-electron chi connectivity index (χ0n) is 7.36. The van der Waals surface area contributed by atoms with E-state index in [0.29, 0.717) is 5.78 Å². The lowest BCUT2D eigenvalue weighted by molar-refractivity contribution is -0.131. The molecule has 0 unspecified atom stereocenters. The van der Waals surface area contributed by atoms with E-state index in [-0.39, 0.29) is 5.41 Å². The number of ketones is 1. The standard InChI is InChI=1S/C9H16N2O/c12-8-1-4-11-7-9(8)2-5-10-6-3-9/h10-11H,1-7H2. The average molecular weight is 168 g/mol. The Balaban J connectivity index is 2.09. The summed E-state index contributed by atoms with van der Waals surface area (Å²) >= 11 is 0. The minimum Gasteiger partial charge on any atom is -0.317 e. The predicted octanol–water partition coefficient (Wildman–Crippen LogP) is -0.0814. The summed E-state index contributed by atoms with van der Waals surface area (Å²) in [6, 6.07) is 0. The highest BCUT2D eigenvalue weighted by molar-refractivity contribution is 5.86. The van der Waals surface area contributed by atoms with E-state index in [1.165, 1.54) is 0 Å². The number of Topliss-reactive ketones (excluding diaryl/α,β-unsaturated/α-hetero) is 1. The van der Waals surface area contributed by atoms with E-state index in [1.807, 2.05) is 0 Å². The number of hydrogen-bond acceptors (Lipinski definition) is 3. The molecule has 0 atom stereocenters. The summed E-state index contributed by atoms with van der Waals surface area (Å²) in [5.74, 6) is 0.489. The van der Waals surface area contributed by atoms with Crippen LogP contribution in [0.2, 0.25) is 0 Å². The second-order valence-corrected chi connectivity index (χ2v) is 3.88. The molecule has 2 heterocycles. The molecule has 2 N–H and O–H groups in total. The molecule has 12 heavy (non-hydrogen) atoms. The van der Waals surface area contributed by atoms with Crippen molar-refractivity contribution in [2.45, 2.75) is 19.3 Å². The highest BCUT2D eigenvalue weighted by Crippen LogP contribution is 2.31. The summed E-state index contributed by atoms with van der Waals surface area (Å²) in [6.45, 7) is 3.81. The molecule has 0 bridgehead atoms. The van der Waals surface area contributed by atoms with Crippen LogP contribution < -0.4 is 10.6 Å². The second kappa shape index (κ2) is 3.15. The van der Waals surface area contributed by atoms with E-state index >= 15 is 0 Å². The minimum absolute atomic E-state index is 0.00347. The Morgan fingerprint density at radius 1 is 1.08 bits per heavy atom. The Hall–Kier alpha value is -0.410. The molecule has 2 aliphatic rings. The first-order chi connectivity index (χ1) is 5.83. The highest BCUT2D eigenvalue weighted by atomic mass is 16.1. The lowest BCUT2D eigenvalue weighted by Gasteiger charge is -2.39. The van der Waals surface area contributed by atoms with Gasteiger partial charge in [-0.3, -0.25) is 4.79 Å². The smallest absolute Gasteiger partial charge is 0.141 e. The third kappa shape index (κ3) is 1.27. The Morgan fingerprint density at radius 3 is 2.50 bits per heavy atom. The van der Waals surface area contributed by atoms with Crippen LogP contribution in [-0.4, -0.2) is 32.0 Å². The highest BCUT2D eigenvalue weighted by Gasteiger charge is 2.40. The molecule has 2 rings (SSSR count). The lowest BCUT2D eigenvalue weighted by atomic mass is 9.72. The van der Waals surface area contributed by atoms with Crippen LogP contribution in [0.4, 0.5) is 0 Å². The summed E-state index contributed by atoms with van der Waals surface area (Å²) in [6.07, 6.45) is 2.79. The van der Waals surface area contributed by atoms with Gasteiger partial charge in [-0.1, -0.05) is 0 Å². The van der Waals surface area contributed by atoms with Crippen molar-refractivity contribution in [3.8, 4) is 0 Å². The SMILES string of the molecule is O=C1CCNCC12CCNCC2. The van der Waals surface area contributed by atoms with E-state index in [1.54, 1.807) is 0 Å². The zero-order valence-corrected chi connectivity index (χ0v) is 7.36. The normalized spacial score (nSPS) is 29.2. The van der Waals surface area contributed by atoms with Gasteiger partial charge in [0.1, 0.15) is 5.78 Å². The number of nitrogens with one attached hydrogen (secondary N) is 2. The largest absolute Gasteiger partial charge is 0.317 e. The van der Waals surface area contributed by atoms with Crippen LogP contribution >= 0.6 is 0 Å². The fourth-order valence-electron chi connectivity index (χ4n) is 2.25. The Morgan fingerprint density at radius 2 is 1.83 bits per heavy atom. The van der Waals surface area contributed by atoms with Gasteiger partial charge < -0.3 is 10.6 Å². The van der Waals surface area contributed by atoms with Gasteiger partial charge in [-0.2, -0.15) is 0 Å². The molecule has 3 nitrogen and oxygen atoms in total. The topological polar surface area (TPSA) is 41.1 Å². The van der Waals surface area contributed by atoms with E-state index in [0.717, 1.165) is 45.4 Å². The van der Waals surface area contributed by atoms with Gasteiger partial charge in [0.25, 0.3) is 0 Å². The van der Waals surface area contributed by atoms with Crippen molar-refractivity contribution >= 4 is 5.78 Å². The lowest BCUT2D eigenvalue weighted by Crippen LogP contribution is -2.52. The number of hydrogen-bond donors (Lipinski definition) is 2. The molecule has 0 aliphatic carbocycles. The summed E-state index contributed by atoms with van der Waals surface area (Å²) in [5.41, 5.74) is 0.00347. The molecule has 68 valence electrons. The van der Waals surface area contributed by atoms with Gasteiger partial charge in [-0.25, -0.2) is 0 Å². The van der Waals surface area contributed by atoms with Gasteiger partial charge >= 0.3 is 0 Å². The number of piperidine rings is 2. The summed E-state index contributed by atoms with van der Waals surface area (Å²) in [7, 11) is 0. The quantitative estimate of drug-likeness (QED) is 0.531. The molecule has 0 aromatic carbocycles. The first-order valence-electron chi connectivity index (χ1n) is 4.78. The van der Waals surface area contributed by atoms with Gasteiger partial charge in [0.05, 0.1) is 0 Å². The molecular formula is C9H16N2O. The molecule has 0 amide bonds. The van der Waals surface area contributed by atoms with Crippen LogP contribution in [-0.2, 0) is 4.79 Å². The molecule has 2 aliphatic heterocycles. The molecule has 0 aromatic rings. The van der Waals surface area contributed by atoms with Crippen molar-refractivity contribution in [3.63, 3.8) is 0 Å². The minimum atomic E-state index is 0.00347. The van der Waals surface area contributed by atoms with E-state index in [4.69, 9.17) is 0 Å². The first-order valence-corrected chi connectivity index (χ1v) is 4.78. The van der Waals surface area contributed by atoms with Crippen LogP contribution in [0.5, 0.6) is 0 Å². The van der Waals surface area contributed by atoms with Crippen molar-refractivity contribution in [2.75, 3.05) is 26.2 Å². The maximum Gasteiger partial charge on any atom is 0.141 e. The molecule has 2 saturated heterocycles. The number of rotatable bonds is 0. The van der Waals surface area contributed by atoms with Gasteiger partial charge in [-0.15, -0.1) is 0 Å². The maximum absolute atomic E-state index is 11.7. The van der Waals surface area contributed by atoms with Crippen molar-refractivity contribution in [1.29, 1.82) is 0 Å². The zero-order chi connectivity index (χ0) is 8.44. The van der Waals surface area contributed by atoms with Crippen molar-refractivity contribution in [1.82, 2.24) is 10.6 Å². The predicted molar refractivity (Wildman–Crippen MR) is 47.0 cm³/mol. The average Bonchev–Trinajstić information content (AvgIpc) is 2.12. The fourth-order valence-corrected chi connectivity index (χ4v) is 2.25. The molecule has 1 spiro atoms. The van der Waals surface area contributed by atoms with Crippen molar-refractivity contribution < 1.29 is 4.79 Å². The van der Waals surface area contributed by atoms with Crippen LogP contribution in [0.15, 0.2) is 0 Å². The van der Waals surface area contributed by atoms with Crippen molar-refractivity contribution in [3.05, 3.63) is 0 Å². The molecular weight excluding hydrogens is 152 g/mol. The molecule has 0 aromatic heterocycles. The monoisotopic (exact) mass is 168 g/mol. The first kappa shape index (κ1) is 8.20. The van der Waals surface area contributed by atoms with Crippen LogP contribution in [0.1, 0.15) is 19.3 Å². The van der Waals surface area contributed by atoms with E-state index in [2.05, 4.69) is 10.6 Å². The second-order valence-electron chi connectivity index (χ2n) is 3.88. The Bertz CT molecular complexity index is 177. The Kier molecular flexibility index (Phi) is 2.15. The van der Waals surface area contributed by atoms with Gasteiger partial charge in [0.2, 0.25) is 0 Å². The third-order valence-corrected chi connectivity index (χ3v) is 3.14. The third-order valence-electron chi connectivity index (χ3n) is 3.14. The van der Waals surface area contributed by atoms with Crippen LogP contribution in [0.25, 0.3) is 0 Å². The van der Waals surface area contributed by atoms with Crippen molar-refractivity contribution in [2.24, 2.45) is 5.41 Å². The summed E-state index contributed by atoms with van der Waals surface area (Å²) in [4.78, 5) is 11.7. The molecule has 0 radical (unpaired) electrons. The van der Waals surface area contributed by atoms with Gasteiger partial charge in [-0.05, 0) is 25.9 Å². The summed E-state index contributed by atoms with van der Waals surface area (Å²) in [5, 5.41) is 6.62. The van der Waals surface area contributed by atoms with Crippen LogP contribution in [0, 0.1) is 5.41 Å². The van der Waals surface area contributed by atoms with E-state index in [9.17, 15) is 4.79 Å². The fraction of sp³-hybridized carbons (Fsp3) is 0.889.